The van der Waals surface area contributed by atoms with Crippen LogP contribution >= 0.6 is 12.4 Å². The summed E-state index contributed by atoms with van der Waals surface area (Å²) in [7, 11) is -3.73. The van der Waals surface area contributed by atoms with Crippen molar-refractivity contribution in [2.45, 2.75) is 50.0 Å². The molecular weight excluding hydrogens is 390 g/mol. The number of nitrogens with one attached hydrogen (secondary N) is 1. The van der Waals surface area contributed by atoms with Crippen molar-refractivity contribution in [3.63, 3.8) is 0 Å². The van der Waals surface area contributed by atoms with Crippen molar-refractivity contribution in [2.75, 3.05) is 19.6 Å². The molecule has 1 unspecified atom stereocenters. The second-order valence-corrected chi connectivity index (χ2v) is 8.30. The molecule has 1 aromatic rings. The van der Waals surface area contributed by atoms with E-state index in [1.54, 1.807) is 19.1 Å². The van der Waals surface area contributed by atoms with Gasteiger partial charge in [-0.25, -0.2) is 8.42 Å². The van der Waals surface area contributed by atoms with Gasteiger partial charge in [-0.05, 0) is 25.0 Å². The number of carbonyl (C=O) groups is 2. The number of ketones is 1. The fourth-order valence-electron chi connectivity index (χ4n) is 3.12. The maximum Gasteiger partial charge on any atom is 0.243 e. The minimum atomic E-state index is -3.73. The molecule has 2 rings (SSSR count). The molecule has 0 aliphatic carbocycles. The Balaban J connectivity index is 0.00000364. The van der Waals surface area contributed by atoms with Crippen LogP contribution in [0.2, 0.25) is 0 Å². The molecule has 0 spiro atoms. The molecule has 1 amide bonds. The minimum Gasteiger partial charge on any atom is -0.354 e. The van der Waals surface area contributed by atoms with Gasteiger partial charge in [-0.3, -0.25) is 9.59 Å². The van der Waals surface area contributed by atoms with E-state index in [1.807, 2.05) is 0 Å². The molecule has 9 heteroatoms. The summed E-state index contributed by atoms with van der Waals surface area (Å²) in [6.07, 6.45) is 2.93. The maximum atomic E-state index is 13.1. The molecule has 1 aliphatic heterocycles. The number of carbonyl (C=O) groups excluding carboxylic acids is 2. The first-order valence-corrected chi connectivity index (χ1v) is 10.5. The van der Waals surface area contributed by atoms with Gasteiger partial charge in [0.05, 0.1) is 4.90 Å². The lowest BCUT2D eigenvalue weighted by molar-refractivity contribution is -0.121. The maximum absolute atomic E-state index is 13.1. The molecule has 1 aliphatic rings. The number of nitrogens with two attached hydrogens (primary N) is 1. The average molecular weight is 418 g/mol. The van der Waals surface area contributed by atoms with Crippen molar-refractivity contribution < 1.29 is 18.0 Å². The molecule has 1 aromatic carbocycles. The number of Topliss-reactive ketones (excluding diaryl/α,β-unsaturated/α-hetero) is 1. The van der Waals surface area contributed by atoms with Gasteiger partial charge in [0.25, 0.3) is 0 Å². The first kappa shape index (κ1) is 23.6. The van der Waals surface area contributed by atoms with Gasteiger partial charge in [-0.15, -0.1) is 12.4 Å². The smallest absolute Gasteiger partial charge is 0.243 e. The van der Waals surface area contributed by atoms with Gasteiger partial charge in [0.15, 0.2) is 5.78 Å². The molecule has 7 nitrogen and oxygen atoms in total. The lowest BCUT2D eigenvalue weighted by Gasteiger charge is -2.34. The number of sulfonamides is 1. The van der Waals surface area contributed by atoms with Crippen molar-refractivity contribution >= 4 is 34.1 Å². The highest BCUT2D eigenvalue weighted by Crippen LogP contribution is 2.26. The third kappa shape index (κ3) is 6.00. The SMILES string of the molecule is CCC(=O)c1cccc(S(=O)(=O)N2CCCCC2CNC(=O)CCN)c1.Cl. The summed E-state index contributed by atoms with van der Waals surface area (Å²) in [5.41, 5.74) is 5.77. The minimum absolute atomic E-state index is 0. The Morgan fingerprint density at radius 2 is 2.04 bits per heavy atom. The summed E-state index contributed by atoms with van der Waals surface area (Å²) in [5.74, 6) is -0.266. The zero-order chi connectivity index (χ0) is 19.2. The van der Waals surface area contributed by atoms with Crippen molar-refractivity contribution in [3.8, 4) is 0 Å². The van der Waals surface area contributed by atoms with Crippen LogP contribution in [0, 0.1) is 0 Å². The van der Waals surface area contributed by atoms with Crippen LogP contribution in [0.5, 0.6) is 0 Å². The van der Waals surface area contributed by atoms with E-state index in [4.69, 9.17) is 5.73 Å². The molecular formula is C18H28ClN3O4S. The third-order valence-corrected chi connectivity index (χ3v) is 6.51. The number of halogens is 1. The Hall–Kier alpha value is -1.48. The zero-order valence-corrected chi connectivity index (χ0v) is 17.2. The largest absolute Gasteiger partial charge is 0.354 e. The van der Waals surface area contributed by atoms with E-state index in [1.165, 1.54) is 16.4 Å². The van der Waals surface area contributed by atoms with E-state index < -0.39 is 10.0 Å². The van der Waals surface area contributed by atoms with E-state index in [0.29, 0.717) is 24.9 Å². The molecule has 1 heterocycles. The zero-order valence-electron chi connectivity index (χ0n) is 15.5. The van der Waals surface area contributed by atoms with Gasteiger partial charge in [0.1, 0.15) is 0 Å². The molecule has 27 heavy (non-hydrogen) atoms. The summed E-state index contributed by atoms with van der Waals surface area (Å²) in [5, 5.41) is 2.77. The number of piperidine rings is 1. The molecule has 3 N–H and O–H groups in total. The molecule has 152 valence electrons. The predicted molar refractivity (Wildman–Crippen MR) is 107 cm³/mol. The van der Waals surface area contributed by atoms with Crippen molar-refractivity contribution in [3.05, 3.63) is 29.8 Å². The first-order valence-electron chi connectivity index (χ1n) is 9.02. The second-order valence-electron chi connectivity index (χ2n) is 6.41. The summed E-state index contributed by atoms with van der Waals surface area (Å²) in [6, 6.07) is 5.89. The van der Waals surface area contributed by atoms with Crippen LogP contribution in [0.3, 0.4) is 0 Å². The highest BCUT2D eigenvalue weighted by atomic mass is 35.5. The topological polar surface area (TPSA) is 110 Å². The number of hydrogen-bond acceptors (Lipinski definition) is 5. The van der Waals surface area contributed by atoms with E-state index >= 15 is 0 Å². The Bertz CT molecular complexity index is 755. The van der Waals surface area contributed by atoms with Gasteiger partial charge in [0, 0.05) is 44.1 Å². The van der Waals surface area contributed by atoms with Crippen LogP contribution in [-0.4, -0.2) is 50.1 Å². The summed E-state index contributed by atoms with van der Waals surface area (Å²) >= 11 is 0. The van der Waals surface area contributed by atoms with Crippen LogP contribution in [-0.2, 0) is 14.8 Å². The molecule has 0 aromatic heterocycles. The fourth-order valence-corrected chi connectivity index (χ4v) is 4.85. The lowest BCUT2D eigenvalue weighted by Crippen LogP contribution is -2.49. The van der Waals surface area contributed by atoms with Crippen LogP contribution in [0.1, 0.15) is 49.4 Å². The highest BCUT2D eigenvalue weighted by Gasteiger charge is 2.33. The standard InChI is InChI=1S/C18H27N3O4S.ClH/c1-2-17(22)14-6-5-8-16(12-14)26(24,25)21-11-4-3-7-15(21)13-20-18(23)9-10-19;/h5-6,8,12,15H,2-4,7,9-11,13,19H2,1H3,(H,20,23);1H. The number of benzene rings is 1. The van der Waals surface area contributed by atoms with Gasteiger partial charge < -0.3 is 11.1 Å². The van der Waals surface area contributed by atoms with Crippen molar-refractivity contribution in [1.29, 1.82) is 0 Å². The van der Waals surface area contributed by atoms with Gasteiger partial charge in [0.2, 0.25) is 15.9 Å². The van der Waals surface area contributed by atoms with Gasteiger partial charge in [-0.2, -0.15) is 4.31 Å². The number of rotatable bonds is 8. The Labute approximate surface area is 167 Å². The summed E-state index contributed by atoms with van der Waals surface area (Å²) < 4.78 is 27.7. The van der Waals surface area contributed by atoms with Crippen LogP contribution in [0.4, 0.5) is 0 Å². The molecule has 0 saturated carbocycles. The Kier molecular flexibility index (Phi) is 9.38. The molecule has 1 atom stereocenters. The average Bonchev–Trinajstić information content (AvgIpc) is 2.66. The molecule has 1 saturated heterocycles. The van der Waals surface area contributed by atoms with Crippen LogP contribution < -0.4 is 11.1 Å². The number of hydrogen-bond donors (Lipinski definition) is 2. The normalized spacial score (nSPS) is 17.8. The molecule has 1 fully saturated rings. The first-order chi connectivity index (χ1) is 12.4. The van der Waals surface area contributed by atoms with E-state index in [-0.39, 0.29) is 54.5 Å². The quantitative estimate of drug-likeness (QED) is 0.625. The van der Waals surface area contributed by atoms with Crippen molar-refractivity contribution in [1.82, 2.24) is 9.62 Å². The predicted octanol–water partition coefficient (Wildman–Crippen LogP) is 1.71. The number of nitrogens with zero attached hydrogens (tertiary/aromatic N) is 1. The second kappa shape index (κ2) is 10.8. The van der Waals surface area contributed by atoms with E-state index in [2.05, 4.69) is 5.32 Å². The highest BCUT2D eigenvalue weighted by molar-refractivity contribution is 7.89. The monoisotopic (exact) mass is 417 g/mol. The van der Waals surface area contributed by atoms with E-state index in [0.717, 1.165) is 12.8 Å². The summed E-state index contributed by atoms with van der Waals surface area (Å²) in [4.78, 5) is 23.7. The Morgan fingerprint density at radius 3 is 2.70 bits per heavy atom. The van der Waals surface area contributed by atoms with Crippen LogP contribution in [0.15, 0.2) is 29.2 Å². The van der Waals surface area contributed by atoms with Crippen LogP contribution in [0.25, 0.3) is 0 Å². The third-order valence-electron chi connectivity index (χ3n) is 4.56. The van der Waals surface area contributed by atoms with E-state index in [9.17, 15) is 18.0 Å². The van der Waals surface area contributed by atoms with Gasteiger partial charge in [-0.1, -0.05) is 25.5 Å². The lowest BCUT2D eigenvalue weighted by atomic mass is 10.1. The fraction of sp³-hybridized carbons (Fsp3) is 0.556. The Morgan fingerprint density at radius 1 is 1.30 bits per heavy atom. The molecule has 0 radical (unpaired) electrons. The van der Waals surface area contributed by atoms with Gasteiger partial charge >= 0.3 is 0 Å². The summed E-state index contributed by atoms with van der Waals surface area (Å²) in [6.45, 7) is 2.68. The number of amides is 1. The molecule has 0 bridgehead atoms. The van der Waals surface area contributed by atoms with Crippen molar-refractivity contribution in [2.24, 2.45) is 5.73 Å².